The molecule has 0 saturated carbocycles. The standard InChI is InChI=1S/C25H23NO6/c1-2-3-4-5-24(27)31-22-16-10-20(11-17-22)25(28)32-23-14-8-19(9-15-23)18-6-12-21(13-7-18)26(29)30/h6-17H,2-5H2,1H3. The van der Waals surface area contributed by atoms with Crippen molar-refractivity contribution in [3.05, 3.63) is 88.5 Å². The molecule has 0 bridgehead atoms. The SMILES string of the molecule is CCCCCC(=O)Oc1ccc(C(=O)Oc2ccc(-c3ccc([N+](=O)[O-])cc3)cc2)cc1. The Morgan fingerprint density at radius 3 is 1.88 bits per heavy atom. The van der Waals surface area contributed by atoms with E-state index >= 15 is 0 Å². The molecule has 7 heteroatoms. The Balaban J connectivity index is 1.57. The first kappa shape index (κ1) is 22.7. The van der Waals surface area contributed by atoms with Gasteiger partial charge in [0.2, 0.25) is 0 Å². The highest BCUT2D eigenvalue weighted by Crippen LogP contribution is 2.25. The van der Waals surface area contributed by atoms with Crippen LogP contribution in [-0.4, -0.2) is 16.9 Å². The summed E-state index contributed by atoms with van der Waals surface area (Å²) in [4.78, 5) is 34.5. The molecule has 32 heavy (non-hydrogen) atoms. The lowest BCUT2D eigenvalue weighted by molar-refractivity contribution is -0.384. The largest absolute Gasteiger partial charge is 0.427 e. The van der Waals surface area contributed by atoms with Crippen molar-refractivity contribution in [3.63, 3.8) is 0 Å². The average molecular weight is 433 g/mol. The molecule has 0 amide bonds. The molecule has 0 atom stereocenters. The summed E-state index contributed by atoms with van der Waals surface area (Å²) < 4.78 is 10.7. The Hall–Kier alpha value is -4.00. The lowest BCUT2D eigenvalue weighted by atomic mass is 10.1. The number of ether oxygens (including phenoxy) is 2. The number of nitro groups is 1. The van der Waals surface area contributed by atoms with Crippen LogP contribution >= 0.6 is 0 Å². The molecule has 0 aliphatic rings. The second-order valence-corrected chi connectivity index (χ2v) is 7.17. The van der Waals surface area contributed by atoms with Gasteiger partial charge >= 0.3 is 11.9 Å². The van der Waals surface area contributed by atoms with E-state index in [0.29, 0.717) is 23.5 Å². The van der Waals surface area contributed by atoms with Crippen molar-refractivity contribution in [2.75, 3.05) is 0 Å². The van der Waals surface area contributed by atoms with Crippen molar-refractivity contribution < 1.29 is 24.0 Å². The van der Waals surface area contributed by atoms with E-state index in [9.17, 15) is 19.7 Å². The maximum Gasteiger partial charge on any atom is 0.343 e. The molecule has 0 unspecified atom stereocenters. The molecular formula is C25H23NO6. The van der Waals surface area contributed by atoms with E-state index in [1.165, 1.54) is 12.1 Å². The molecule has 0 N–H and O–H groups in total. The van der Waals surface area contributed by atoms with E-state index in [0.717, 1.165) is 30.4 Å². The Bertz CT molecular complexity index is 1070. The quantitative estimate of drug-likeness (QED) is 0.136. The van der Waals surface area contributed by atoms with Gasteiger partial charge in [0.15, 0.2) is 0 Å². The molecule has 164 valence electrons. The van der Waals surface area contributed by atoms with Gasteiger partial charge in [-0.15, -0.1) is 0 Å². The monoisotopic (exact) mass is 433 g/mol. The van der Waals surface area contributed by atoms with Crippen LogP contribution < -0.4 is 9.47 Å². The Morgan fingerprint density at radius 2 is 1.31 bits per heavy atom. The maximum absolute atomic E-state index is 12.4. The smallest absolute Gasteiger partial charge is 0.343 e. The summed E-state index contributed by atoms with van der Waals surface area (Å²) in [7, 11) is 0. The van der Waals surface area contributed by atoms with E-state index in [4.69, 9.17) is 9.47 Å². The molecule has 0 heterocycles. The number of carbonyl (C=O) groups excluding carboxylic acids is 2. The number of nitro benzene ring substituents is 1. The number of rotatable bonds is 9. The third-order valence-electron chi connectivity index (χ3n) is 4.78. The topological polar surface area (TPSA) is 95.7 Å². The summed E-state index contributed by atoms with van der Waals surface area (Å²) in [6.45, 7) is 2.07. The van der Waals surface area contributed by atoms with Crippen molar-refractivity contribution in [1.82, 2.24) is 0 Å². The van der Waals surface area contributed by atoms with E-state index in [-0.39, 0.29) is 11.7 Å². The van der Waals surface area contributed by atoms with Crippen LogP contribution in [-0.2, 0) is 4.79 Å². The van der Waals surface area contributed by atoms with Gasteiger partial charge in [0.05, 0.1) is 10.5 Å². The van der Waals surface area contributed by atoms with E-state index in [1.807, 2.05) is 0 Å². The number of benzene rings is 3. The van der Waals surface area contributed by atoms with Gasteiger partial charge in [-0.25, -0.2) is 4.79 Å². The number of esters is 2. The predicted octanol–water partition coefficient (Wildman–Crippen LogP) is 5.97. The van der Waals surface area contributed by atoms with Crippen LogP contribution in [0.25, 0.3) is 11.1 Å². The van der Waals surface area contributed by atoms with Gasteiger partial charge in [-0.2, -0.15) is 0 Å². The molecule has 0 aliphatic carbocycles. The van der Waals surface area contributed by atoms with Crippen molar-refractivity contribution >= 4 is 17.6 Å². The second kappa shape index (κ2) is 10.9. The van der Waals surface area contributed by atoms with Gasteiger partial charge in [-0.3, -0.25) is 14.9 Å². The third kappa shape index (κ3) is 6.25. The fraction of sp³-hybridized carbons (Fsp3) is 0.200. The number of hydrogen-bond acceptors (Lipinski definition) is 6. The molecule has 0 aromatic heterocycles. The van der Waals surface area contributed by atoms with Crippen LogP contribution in [0, 0.1) is 10.1 Å². The van der Waals surface area contributed by atoms with E-state index in [2.05, 4.69) is 6.92 Å². The van der Waals surface area contributed by atoms with Gasteiger partial charge in [-0.05, 0) is 66.1 Å². The maximum atomic E-state index is 12.4. The van der Waals surface area contributed by atoms with Crippen molar-refractivity contribution in [1.29, 1.82) is 0 Å². The van der Waals surface area contributed by atoms with Crippen LogP contribution in [0.5, 0.6) is 11.5 Å². The molecule has 3 aromatic rings. The zero-order chi connectivity index (χ0) is 22.9. The van der Waals surface area contributed by atoms with Crippen molar-refractivity contribution in [2.24, 2.45) is 0 Å². The van der Waals surface area contributed by atoms with Crippen LogP contribution in [0.1, 0.15) is 43.0 Å². The third-order valence-corrected chi connectivity index (χ3v) is 4.78. The number of carbonyl (C=O) groups is 2. The summed E-state index contributed by atoms with van der Waals surface area (Å²) in [5, 5.41) is 10.8. The molecule has 0 fully saturated rings. The zero-order valence-electron chi connectivity index (χ0n) is 17.7. The Labute approximate surface area is 185 Å². The van der Waals surface area contributed by atoms with Crippen LogP contribution in [0.15, 0.2) is 72.8 Å². The number of nitrogens with zero attached hydrogens (tertiary/aromatic N) is 1. The zero-order valence-corrected chi connectivity index (χ0v) is 17.7. The summed E-state index contributed by atoms with van der Waals surface area (Å²) in [5.74, 6) is -0.0709. The predicted molar refractivity (Wildman–Crippen MR) is 120 cm³/mol. The first-order valence-electron chi connectivity index (χ1n) is 10.3. The fourth-order valence-corrected chi connectivity index (χ4v) is 3.02. The lowest BCUT2D eigenvalue weighted by Crippen LogP contribution is -2.10. The van der Waals surface area contributed by atoms with Gasteiger partial charge in [-0.1, -0.05) is 31.9 Å². The number of hydrogen-bond donors (Lipinski definition) is 0. The summed E-state index contributed by atoms with van der Waals surface area (Å²) in [5.41, 5.74) is 2.00. The number of non-ortho nitro benzene ring substituents is 1. The normalized spacial score (nSPS) is 10.4. The van der Waals surface area contributed by atoms with Gasteiger partial charge < -0.3 is 9.47 Å². The molecule has 3 aromatic carbocycles. The highest BCUT2D eigenvalue weighted by Gasteiger charge is 2.11. The first-order chi connectivity index (χ1) is 15.5. The summed E-state index contributed by atoms with van der Waals surface area (Å²) >= 11 is 0. The van der Waals surface area contributed by atoms with Gasteiger partial charge in [0.1, 0.15) is 11.5 Å². The molecule has 0 radical (unpaired) electrons. The number of unbranched alkanes of at least 4 members (excludes halogenated alkanes) is 2. The highest BCUT2D eigenvalue weighted by molar-refractivity contribution is 5.91. The molecule has 0 saturated heterocycles. The summed E-state index contributed by atoms with van der Waals surface area (Å²) in [6.07, 6.45) is 3.18. The van der Waals surface area contributed by atoms with Crippen molar-refractivity contribution in [2.45, 2.75) is 32.6 Å². The second-order valence-electron chi connectivity index (χ2n) is 7.17. The van der Waals surface area contributed by atoms with Gasteiger partial charge in [0.25, 0.3) is 5.69 Å². The van der Waals surface area contributed by atoms with Crippen LogP contribution in [0.4, 0.5) is 5.69 Å². The van der Waals surface area contributed by atoms with Crippen LogP contribution in [0.2, 0.25) is 0 Å². The minimum Gasteiger partial charge on any atom is -0.427 e. The van der Waals surface area contributed by atoms with Gasteiger partial charge in [0, 0.05) is 18.6 Å². The van der Waals surface area contributed by atoms with Crippen molar-refractivity contribution in [3.8, 4) is 22.6 Å². The highest BCUT2D eigenvalue weighted by atomic mass is 16.6. The molecule has 7 nitrogen and oxygen atoms in total. The molecule has 0 spiro atoms. The van der Waals surface area contributed by atoms with Crippen LogP contribution in [0.3, 0.4) is 0 Å². The minimum atomic E-state index is -0.533. The fourth-order valence-electron chi connectivity index (χ4n) is 3.02. The first-order valence-corrected chi connectivity index (χ1v) is 10.3. The Morgan fingerprint density at radius 1 is 0.781 bits per heavy atom. The molecule has 3 rings (SSSR count). The minimum absolute atomic E-state index is 0.0246. The average Bonchev–Trinajstić information content (AvgIpc) is 2.80. The summed E-state index contributed by atoms with van der Waals surface area (Å²) in [6, 6.07) is 19.3. The molecule has 0 aliphatic heterocycles. The Kier molecular flexibility index (Phi) is 7.70. The van der Waals surface area contributed by atoms with E-state index in [1.54, 1.807) is 60.7 Å². The van der Waals surface area contributed by atoms with E-state index < -0.39 is 10.9 Å². The molecular weight excluding hydrogens is 410 g/mol. The lowest BCUT2D eigenvalue weighted by Gasteiger charge is -2.07.